The highest BCUT2D eigenvalue weighted by Gasteiger charge is 2.27. The fourth-order valence-corrected chi connectivity index (χ4v) is 4.51. The maximum atomic E-state index is 11.4. The van der Waals surface area contributed by atoms with Crippen molar-refractivity contribution in [2.45, 2.75) is 58.0 Å². The number of amides is 1. The van der Waals surface area contributed by atoms with Crippen molar-refractivity contribution < 1.29 is 9.21 Å². The molecule has 1 aliphatic heterocycles. The molecule has 0 radical (unpaired) electrons. The number of rotatable bonds is 6. The monoisotopic (exact) mass is 367 g/mol. The van der Waals surface area contributed by atoms with Gasteiger partial charge < -0.3 is 14.7 Å². The molecule has 5 heteroatoms. The van der Waals surface area contributed by atoms with E-state index in [-0.39, 0.29) is 11.9 Å². The molecule has 27 heavy (non-hydrogen) atoms. The van der Waals surface area contributed by atoms with Crippen LogP contribution < -0.4 is 5.73 Å². The number of likely N-dealkylation sites (tertiary alicyclic amines) is 1. The zero-order valence-corrected chi connectivity index (χ0v) is 16.3. The van der Waals surface area contributed by atoms with E-state index >= 15 is 0 Å². The lowest BCUT2D eigenvalue weighted by atomic mass is 10.0. The van der Waals surface area contributed by atoms with Crippen LogP contribution >= 0.6 is 0 Å². The molecule has 1 aliphatic rings. The van der Waals surface area contributed by atoms with Crippen LogP contribution in [0, 0.1) is 0 Å². The summed E-state index contributed by atoms with van der Waals surface area (Å²) in [7, 11) is 0. The van der Waals surface area contributed by atoms with Crippen LogP contribution in [0.3, 0.4) is 0 Å². The maximum absolute atomic E-state index is 11.4. The SMILES string of the molecule is CC(C)n1c2ccccc2c2oc(C(CCC(N)=O)N3CCCCC3)cc21. The maximum Gasteiger partial charge on any atom is 0.217 e. The Morgan fingerprint density at radius 1 is 1.15 bits per heavy atom. The number of nitrogens with zero attached hydrogens (tertiary/aromatic N) is 2. The summed E-state index contributed by atoms with van der Waals surface area (Å²) < 4.78 is 8.79. The van der Waals surface area contributed by atoms with Crippen molar-refractivity contribution in [1.82, 2.24) is 9.47 Å². The minimum Gasteiger partial charge on any atom is -0.457 e. The van der Waals surface area contributed by atoms with E-state index < -0.39 is 0 Å². The van der Waals surface area contributed by atoms with Gasteiger partial charge in [-0.05, 0) is 58.3 Å². The van der Waals surface area contributed by atoms with E-state index in [4.69, 9.17) is 10.2 Å². The minimum absolute atomic E-state index is 0.115. The summed E-state index contributed by atoms with van der Waals surface area (Å²) in [6.07, 6.45) is 4.78. The first-order valence-electron chi connectivity index (χ1n) is 10.1. The molecule has 2 aromatic heterocycles. The summed E-state index contributed by atoms with van der Waals surface area (Å²) in [5.74, 6) is 0.716. The Kier molecular flexibility index (Phi) is 4.96. The lowest BCUT2D eigenvalue weighted by Crippen LogP contribution is -2.34. The highest BCUT2D eigenvalue weighted by Crippen LogP contribution is 2.38. The zero-order chi connectivity index (χ0) is 19.0. The third kappa shape index (κ3) is 3.36. The highest BCUT2D eigenvalue weighted by atomic mass is 16.3. The van der Waals surface area contributed by atoms with Gasteiger partial charge >= 0.3 is 0 Å². The number of para-hydroxylation sites is 1. The molecule has 5 nitrogen and oxygen atoms in total. The van der Waals surface area contributed by atoms with Crippen molar-refractivity contribution in [2.75, 3.05) is 13.1 Å². The largest absolute Gasteiger partial charge is 0.457 e. The number of hydrogen-bond donors (Lipinski definition) is 1. The number of furan rings is 1. The van der Waals surface area contributed by atoms with Crippen LogP contribution in [0.4, 0.5) is 0 Å². The Bertz CT molecular complexity index is 947. The normalized spacial score (nSPS) is 17.1. The topological polar surface area (TPSA) is 64.4 Å². The predicted octanol–water partition coefficient (Wildman–Crippen LogP) is 4.76. The molecular formula is C22H29N3O2. The molecule has 0 bridgehead atoms. The van der Waals surface area contributed by atoms with Gasteiger partial charge in [-0.3, -0.25) is 9.69 Å². The lowest BCUT2D eigenvalue weighted by molar-refractivity contribution is -0.118. The fourth-order valence-electron chi connectivity index (χ4n) is 4.51. The molecule has 4 rings (SSSR count). The molecule has 0 saturated carbocycles. The van der Waals surface area contributed by atoms with Crippen LogP contribution in [0.5, 0.6) is 0 Å². The van der Waals surface area contributed by atoms with Crippen LogP contribution in [0.15, 0.2) is 34.7 Å². The Hall–Kier alpha value is -2.27. The molecule has 1 amide bonds. The number of nitrogens with two attached hydrogens (primary N) is 1. The van der Waals surface area contributed by atoms with E-state index in [2.05, 4.69) is 53.6 Å². The average Bonchev–Trinajstić information content (AvgIpc) is 3.19. The van der Waals surface area contributed by atoms with Crippen molar-refractivity contribution in [3.8, 4) is 0 Å². The average molecular weight is 367 g/mol. The molecule has 1 fully saturated rings. The van der Waals surface area contributed by atoms with E-state index in [1.165, 1.54) is 24.8 Å². The van der Waals surface area contributed by atoms with Gasteiger partial charge in [-0.2, -0.15) is 0 Å². The Labute approximate surface area is 160 Å². The summed E-state index contributed by atoms with van der Waals surface area (Å²) >= 11 is 0. The van der Waals surface area contributed by atoms with Crippen molar-refractivity contribution in [3.05, 3.63) is 36.1 Å². The first-order chi connectivity index (χ1) is 13.1. The van der Waals surface area contributed by atoms with Gasteiger partial charge in [-0.15, -0.1) is 0 Å². The first kappa shape index (κ1) is 18.1. The quantitative estimate of drug-likeness (QED) is 0.683. The van der Waals surface area contributed by atoms with Crippen LogP contribution in [0.1, 0.15) is 63.8 Å². The Morgan fingerprint density at radius 2 is 1.89 bits per heavy atom. The number of piperidine rings is 1. The third-order valence-corrected chi connectivity index (χ3v) is 5.74. The van der Waals surface area contributed by atoms with Gasteiger partial charge in [0.2, 0.25) is 5.91 Å². The third-order valence-electron chi connectivity index (χ3n) is 5.74. The summed E-state index contributed by atoms with van der Waals surface area (Å²) in [5, 5.41) is 1.15. The van der Waals surface area contributed by atoms with E-state index in [1.807, 2.05) is 0 Å². The number of aromatic nitrogens is 1. The van der Waals surface area contributed by atoms with Gasteiger partial charge in [-0.25, -0.2) is 0 Å². The number of carbonyl (C=O) groups is 1. The second-order valence-corrected chi connectivity index (χ2v) is 7.96. The summed E-state index contributed by atoms with van der Waals surface area (Å²) in [6.45, 7) is 6.51. The van der Waals surface area contributed by atoms with Crippen LogP contribution in [0.2, 0.25) is 0 Å². The minimum atomic E-state index is -0.245. The second-order valence-electron chi connectivity index (χ2n) is 7.96. The van der Waals surface area contributed by atoms with Gasteiger partial charge in [0, 0.05) is 23.9 Å². The Balaban J connectivity index is 1.80. The standard InChI is InChI=1S/C22H29N3O2/c1-15(2)25-17-9-5-4-8-16(17)22-19(25)14-20(27-22)18(10-11-21(23)26)24-12-6-3-7-13-24/h4-5,8-9,14-15,18H,3,6-7,10-13H2,1-2H3,(H2,23,26). The van der Waals surface area contributed by atoms with E-state index in [9.17, 15) is 4.79 Å². The van der Waals surface area contributed by atoms with Crippen LogP contribution in [-0.4, -0.2) is 28.5 Å². The molecular weight excluding hydrogens is 338 g/mol. The smallest absolute Gasteiger partial charge is 0.217 e. The van der Waals surface area contributed by atoms with Gasteiger partial charge in [-0.1, -0.05) is 18.6 Å². The predicted molar refractivity (Wildman–Crippen MR) is 109 cm³/mol. The molecule has 3 heterocycles. The number of hydrogen-bond acceptors (Lipinski definition) is 3. The van der Waals surface area contributed by atoms with Crippen LogP contribution in [0.25, 0.3) is 22.0 Å². The van der Waals surface area contributed by atoms with Crippen molar-refractivity contribution in [3.63, 3.8) is 0 Å². The molecule has 144 valence electrons. The van der Waals surface area contributed by atoms with Gasteiger partial charge in [0.25, 0.3) is 0 Å². The number of fused-ring (bicyclic) bond motifs is 3. The molecule has 3 aromatic rings. The first-order valence-corrected chi connectivity index (χ1v) is 10.1. The summed E-state index contributed by atoms with van der Waals surface area (Å²) in [4.78, 5) is 13.9. The molecule has 1 aromatic carbocycles. The van der Waals surface area contributed by atoms with Crippen molar-refractivity contribution in [2.24, 2.45) is 5.73 Å². The lowest BCUT2D eigenvalue weighted by Gasteiger charge is -2.33. The van der Waals surface area contributed by atoms with Gasteiger partial charge in [0.15, 0.2) is 5.58 Å². The Morgan fingerprint density at radius 3 is 2.59 bits per heavy atom. The number of benzene rings is 1. The van der Waals surface area contributed by atoms with E-state index in [0.29, 0.717) is 18.9 Å². The number of primary amides is 1. The summed E-state index contributed by atoms with van der Waals surface area (Å²) in [5.41, 5.74) is 8.75. The zero-order valence-electron chi connectivity index (χ0n) is 16.3. The fraction of sp³-hybridized carbons (Fsp3) is 0.500. The van der Waals surface area contributed by atoms with Crippen LogP contribution in [-0.2, 0) is 4.79 Å². The molecule has 0 spiro atoms. The van der Waals surface area contributed by atoms with Gasteiger partial charge in [0.05, 0.1) is 17.1 Å². The molecule has 0 aliphatic carbocycles. The van der Waals surface area contributed by atoms with E-state index in [1.54, 1.807) is 0 Å². The van der Waals surface area contributed by atoms with Crippen molar-refractivity contribution >= 4 is 27.9 Å². The summed E-state index contributed by atoms with van der Waals surface area (Å²) in [6, 6.07) is 11.1. The molecule has 1 unspecified atom stereocenters. The highest BCUT2D eigenvalue weighted by molar-refractivity contribution is 6.05. The molecule has 1 atom stereocenters. The second kappa shape index (κ2) is 7.39. The van der Waals surface area contributed by atoms with E-state index in [0.717, 1.165) is 35.3 Å². The van der Waals surface area contributed by atoms with Gasteiger partial charge in [0.1, 0.15) is 5.76 Å². The molecule has 1 saturated heterocycles. The molecule has 2 N–H and O–H groups in total. The van der Waals surface area contributed by atoms with Crippen molar-refractivity contribution in [1.29, 1.82) is 0 Å². The number of carbonyl (C=O) groups excluding carboxylic acids is 1.